The molecule has 1 aromatic rings. The van der Waals surface area contributed by atoms with Crippen LogP contribution in [-0.2, 0) is 16.1 Å². The monoisotopic (exact) mass is 294 g/mol. The van der Waals surface area contributed by atoms with Gasteiger partial charge in [-0.2, -0.15) is 0 Å². The van der Waals surface area contributed by atoms with Gasteiger partial charge in [-0.05, 0) is 36.8 Å². The third-order valence-electron chi connectivity index (χ3n) is 3.82. The van der Waals surface area contributed by atoms with Crippen molar-refractivity contribution in [3.8, 4) is 0 Å². The molecule has 0 radical (unpaired) electrons. The lowest BCUT2D eigenvalue weighted by molar-refractivity contribution is -0.150. The van der Waals surface area contributed by atoms with Gasteiger partial charge in [-0.1, -0.05) is 20.3 Å². The number of carbonyl (C=O) groups is 2. The largest absolute Gasteiger partial charge is 0.343 e. The summed E-state index contributed by atoms with van der Waals surface area (Å²) in [5.74, 6) is 0.0471. The third-order valence-corrected chi connectivity index (χ3v) is 4.83. The van der Waals surface area contributed by atoms with Gasteiger partial charge in [0.1, 0.15) is 12.1 Å². The van der Waals surface area contributed by atoms with E-state index in [-0.39, 0.29) is 23.9 Å². The Labute approximate surface area is 124 Å². The summed E-state index contributed by atoms with van der Waals surface area (Å²) in [6, 6.07) is 1.37. The van der Waals surface area contributed by atoms with Crippen molar-refractivity contribution in [2.24, 2.45) is 0 Å². The minimum Gasteiger partial charge on any atom is -0.343 e. The maximum Gasteiger partial charge on any atom is 0.246 e. The van der Waals surface area contributed by atoms with Crippen molar-refractivity contribution in [1.82, 2.24) is 10.2 Å². The number of nitrogens with one attached hydrogen (secondary N) is 1. The zero-order valence-corrected chi connectivity index (χ0v) is 13.1. The standard InChI is InChI=1S/C15H22N2O2S/c1-4-6-11-15(19)17(12(5-2)14(18)16-11)9-13-10(3)7-8-20-13/h7-8,11-12H,4-6,9H2,1-3H3,(H,16,18). The first-order valence-electron chi connectivity index (χ1n) is 7.22. The first-order valence-corrected chi connectivity index (χ1v) is 8.10. The highest BCUT2D eigenvalue weighted by Gasteiger charge is 2.39. The molecular formula is C15H22N2O2S. The smallest absolute Gasteiger partial charge is 0.246 e. The van der Waals surface area contributed by atoms with Crippen LogP contribution < -0.4 is 5.32 Å². The number of aryl methyl sites for hydroxylation is 1. The molecule has 0 bridgehead atoms. The van der Waals surface area contributed by atoms with E-state index in [1.807, 2.05) is 26.2 Å². The number of piperazine rings is 1. The van der Waals surface area contributed by atoms with Gasteiger partial charge in [0.15, 0.2) is 0 Å². The number of hydrogen-bond donors (Lipinski definition) is 1. The van der Waals surface area contributed by atoms with Crippen LogP contribution in [0.4, 0.5) is 0 Å². The van der Waals surface area contributed by atoms with Gasteiger partial charge < -0.3 is 10.2 Å². The van der Waals surface area contributed by atoms with Crippen LogP contribution in [-0.4, -0.2) is 28.8 Å². The van der Waals surface area contributed by atoms with Gasteiger partial charge in [-0.15, -0.1) is 11.3 Å². The topological polar surface area (TPSA) is 49.4 Å². The molecule has 2 rings (SSSR count). The molecule has 2 unspecified atom stereocenters. The Morgan fingerprint density at radius 2 is 2.10 bits per heavy atom. The molecule has 2 amide bonds. The fourth-order valence-electron chi connectivity index (χ4n) is 2.62. The van der Waals surface area contributed by atoms with Crippen LogP contribution in [0.5, 0.6) is 0 Å². The lowest BCUT2D eigenvalue weighted by Crippen LogP contribution is -2.62. The Bertz CT molecular complexity index is 498. The van der Waals surface area contributed by atoms with E-state index in [0.29, 0.717) is 19.4 Å². The fraction of sp³-hybridized carbons (Fsp3) is 0.600. The van der Waals surface area contributed by atoms with E-state index in [1.165, 1.54) is 10.4 Å². The van der Waals surface area contributed by atoms with Crippen molar-refractivity contribution in [3.05, 3.63) is 21.9 Å². The molecule has 110 valence electrons. The van der Waals surface area contributed by atoms with Gasteiger partial charge in [-0.3, -0.25) is 9.59 Å². The quantitative estimate of drug-likeness (QED) is 0.907. The maximum absolute atomic E-state index is 12.6. The molecule has 2 heterocycles. The predicted octanol–water partition coefficient (Wildman–Crippen LogP) is 2.46. The van der Waals surface area contributed by atoms with Crippen molar-refractivity contribution in [1.29, 1.82) is 0 Å². The minimum atomic E-state index is -0.351. The highest BCUT2D eigenvalue weighted by atomic mass is 32.1. The maximum atomic E-state index is 12.6. The molecule has 4 nitrogen and oxygen atoms in total. The summed E-state index contributed by atoms with van der Waals surface area (Å²) in [5.41, 5.74) is 1.19. The fourth-order valence-corrected chi connectivity index (χ4v) is 3.53. The van der Waals surface area contributed by atoms with Crippen LogP contribution in [0.15, 0.2) is 11.4 Å². The minimum absolute atomic E-state index is 0.0141. The summed E-state index contributed by atoms with van der Waals surface area (Å²) in [4.78, 5) is 27.7. The normalized spacial score (nSPS) is 23.1. The molecule has 1 aliphatic rings. The zero-order valence-electron chi connectivity index (χ0n) is 12.3. The van der Waals surface area contributed by atoms with Crippen molar-refractivity contribution in [3.63, 3.8) is 0 Å². The van der Waals surface area contributed by atoms with Crippen molar-refractivity contribution in [2.45, 2.75) is 58.7 Å². The lowest BCUT2D eigenvalue weighted by atomic mass is 10.0. The second-order valence-corrected chi connectivity index (χ2v) is 6.27. The van der Waals surface area contributed by atoms with E-state index < -0.39 is 0 Å². The summed E-state index contributed by atoms with van der Waals surface area (Å²) < 4.78 is 0. The third kappa shape index (κ3) is 2.87. The molecular weight excluding hydrogens is 272 g/mol. The van der Waals surface area contributed by atoms with E-state index in [0.717, 1.165) is 6.42 Å². The van der Waals surface area contributed by atoms with E-state index in [4.69, 9.17) is 0 Å². The van der Waals surface area contributed by atoms with Crippen LogP contribution in [0.25, 0.3) is 0 Å². The van der Waals surface area contributed by atoms with Crippen molar-refractivity contribution >= 4 is 23.2 Å². The van der Waals surface area contributed by atoms with Crippen molar-refractivity contribution < 1.29 is 9.59 Å². The predicted molar refractivity (Wildman–Crippen MR) is 80.5 cm³/mol. The van der Waals surface area contributed by atoms with Crippen molar-refractivity contribution in [2.75, 3.05) is 0 Å². The van der Waals surface area contributed by atoms with Crippen LogP contribution in [0.1, 0.15) is 43.6 Å². The Hall–Kier alpha value is -1.36. The van der Waals surface area contributed by atoms with Gasteiger partial charge in [0.05, 0.1) is 6.54 Å². The summed E-state index contributed by atoms with van der Waals surface area (Å²) in [6.07, 6.45) is 2.25. The van der Waals surface area contributed by atoms with Crippen LogP contribution in [0.2, 0.25) is 0 Å². The molecule has 1 aromatic heterocycles. The zero-order chi connectivity index (χ0) is 14.7. The number of nitrogens with zero attached hydrogens (tertiary/aromatic N) is 1. The molecule has 1 fully saturated rings. The molecule has 0 saturated carbocycles. The molecule has 0 spiro atoms. The molecule has 1 saturated heterocycles. The molecule has 20 heavy (non-hydrogen) atoms. The Morgan fingerprint density at radius 1 is 1.35 bits per heavy atom. The number of thiophene rings is 1. The number of carbonyl (C=O) groups excluding carboxylic acids is 2. The van der Waals surface area contributed by atoms with Gasteiger partial charge in [0.2, 0.25) is 11.8 Å². The van der Waals surface area contributed by atoms with Gasteiger partial charge >= 0.3 is 0 Å². The number of amides is 2. The lowest BCUT2D eigenvalue weighted by Gasteiger charge is -2.38. The highest BCUT2D eigenvalue weighted by Crippen LogP contribution is 2.23. The Kier molecular flexibility index (Phi) is 4.81. The average molecular weight is 294 g/mol. The van der Waals surface area contributed by atoms with Gasteiger partial charge in [0, 0.05) is 4.88 Å². The van der Waals surface area contributed by atoms with Crippen LogP contribution in [0, 0.1) is 6.92 Å². The highest BCUT2D eigenvalue weighted by molar-refractivity contribution is 7.10. The molecule has 1 aliphatic heterocycles. The molecule has 5 heteroatoms. The van der Waals surface area contributed by atoms with Crippen LogP contribution in [0.3, 0.4) is 0 Å². The molecule has 2 atom stereocenters. The van der Waals surface area contributed by atoms with E-state index in [2.05, 4.69) is 11.4 Å². The number of rotatable bonds is 5. The Balaban J connectivity index is 2.22. The van der Waals surface area contributed by atoms with E-state index in [1.54, 1.807) is 16.2 Å². The van der Waals surface area contributed by atoms with Crippen LogP contribution >= 0.6 is 11.3 Å². The average Bonchev–Trinajstić information content (AvgIpc) is 2.81. The second-order valence-electron chi connectivity index (χ2n) is 5.27. The summed E-state index contributed by atoms with van der Waals surface area (Å²) >= 11 is 1.65. The summed E-state index contributed by atoms with van der Waals surface area (Å²) in [6.45, 7) is 6.57. The van der Waals surface area contributed by atoms with Gasteiger partial charge in [0.25, 0.3) is 0 Å². The number of hydrogen-bond acceptors (Lipinski definition) is 3. The summed E-state index contributed by atoms with van der Waals surface area (Å²) in [5, 5.41) is 4.90. The SMILES string of the molecule is CCCC1NC(=O)C(CC)N(Cc2sccc2C)C1=O. The van der Waals surface area contributed by atoms with E-state index in [9.17, 15) is 9.59 Å². The van der Waals surface area contributed by atoms with Gasteiger partial charge in [-0.25, -0.2) is 0 Å². The first kappa shape index (κ1) is 15.0. The Morgan fingerprint density at radius 3 is 2.65 bits per heavy atom. The molecule has 0 aliphatic carbocycles. The molecule has 0 aromatic carbocycles. The molecule has 1 N–H and O–H groups in total. The van der Waals surface area contributed by atoms with E-state index >= 15 is 0 Å². The second kappa shape index (κ2) is 6.39. The first-order chi connectivity index (χ1) is 9.58. The summed E-state index contributed by atoms with van der Waals surface area (Å²) in [7, 11) is 0.